The highest BCUT2D eigenvalue weighted by atomic mass is 79.9. The summed E-state index contributed by atoms with van der Waals surface area (Å²) >= 11 is 3.34. The first kappa shape index (κ1) is 19.3. The van der Waals surface area contributed by atoms with Gasteiger partial charge >= 0.3 is 6.18 Å². The van der Waals surface area contributed by atoms with Crippen molar-refractivity contribution in [2.45, 2.75) is 17.1 Å². The average Bonchev–Trinajstić information content (AvgIpc) is 2.61. The molecule has 2 aromatic carbocycles. The predicted octanol–water partition coefficient (Wildman–Crippen LogP) is 3.80. The number of halogens is 4. The highest BCUT2D eigenvalue weighted by Crippen LogP contribution is 2.37. The standard InChI is InChI=1S/C17H16BrF3N2O2S/c18-13-5-3-4-12(10-13)15-11-22-8-9-23(15)26(24,25)16-7-2-1-6-14(16)17(19,20)21/h1-7,10,15,22H,8-9,11H2. The van der Waals surface area contributed by atoms with Crippen molar-refractivity contribution in [3.63, 3.8) is 0 Å². The minimum absolute atomic E-state index is 0.0890. The van der Waals surface area contributed by atoms with Crippen LogP contribution in [-0.4, -0.2) is 32.4 Å². The number of sulfonamides is 1. The van der Waals surface area contributed by atoms with Crippen molar-refractivity contribution in [2.24, 2.45) is 0 Å². The van der Waals surface area contributed by atoms with Crippen LogP contribution < -0.4 is 5.32 Å². The van der Waals surface area contributed by atoms with Gasteiger partial charge in [-0.2, -0.15) is 17.5 Å². The molecule has 0 aliphatic carbocycles. The summed E-state index contributed by atoms with van der Waals surface area (Å²) in [6.45, 7) is 0.785. The Kier molecular flexibility index (Phi) is 5.43. The van der Waals surface area contributed by atoms with Crippen molar-refractivity contribution in [2.75, 3.05) is 19.6 Å². The van der Waals surface area contributed by atoms with Crippen molar-refractivity contribution >= 4 is 26.0 Å². The molecule has 1 aliphatic rings. The summed E-state index contributed by atoms with van der Waals surface area (Å²) in [7, 11) is -4.33. The Balaban J connectivity index is 2.08. The maximum atomic E-state index is 13.3. The lowest BCUT2D eigenvalue weighted by Gasteiger charge is -2.36. The number of benzene rings is 2. The van der Waals surface area contributed by atoms with Crippen LogP contribution in [0.25, 0.3) is 0 Å². The monoisotopic (exact) mass is 448 g/mol. The Bertz CT molecular complexity index is 903. The molecular formula is C17H16BrF3N2O2S. The second kappa shape index (κ2) is 7.30. The Morgan fingerprint density at radius 3 is 2.54 bits per heavy atom. The van der Waals surface area contributed by atoms with Crippen molar-refractivity contribution in [1.29, 1.82) is 0 Å². The SMILES string of the molecule is O=S(=O)(c1ccccc1C(F)(F)F)N1CCNCC1c1cccc(Br)c1. The number of rotatable bonds is 3. The lowest BCUT2D eigenvalue weighted by molar-refractivity contribution is -0.139. The van der Waals surface area contributed by atoms with Crippen molar-refractivity contribution in [3.8, 4) is 0 Å². The molecule has 1 unspecified atom stereocenters. The molecule has 2 aromatic rings. The van der Waals surface area contributed by atoms with E-state index in [2.05, 4.69) is 21.2 Å². The number of nitrogens with zero attached hydrogens (tertiary/aromatic N) is 1. The van der Waals surface area contributed by atoms with Gasteiger partial charge in [-0.1, -0.05) is 40.2 Å². The maximum absolute atomic E-state index is 13.3. The third kappa shape index (κ3) is 3.80. The molecule has 3 rings (SSSR count). The van der Waals surface area contributed by atoms with Gasteiger partial charge in [-0.05, 0) is 29.8 Å². The molecule has 4 nitrogen and oxygen atoms in total. The van der Waals surface area contributed by atoms with Gasteiger partial charge in [0.2, 0.25) is 10.0 Å². The Morgan fingerprint density at radius 2 is 1.85 bits per heavy atom. The van der Waals surface area contributed by atoms with E-state index in [4.69, 9.17) is 0 Å². The van der Waals surface area contributed by atoms with E-state index in [1.165, 1.54) is 12.1 Å². The highest BCUT2D eigenvalue weighted by Gasteiger charge is 2.41. The molecule has 1 heterocycles. The summed E-state index contributed by atoms with van der Waals surface area (Å²) in [5.74, 6) is 0. The normalized spacial score (nSPS) is 19.5. The smallest absolute Gasteiger partial charge is 0.313 e. The molecule has 140 valence electrons. The molecule has 9 heteroatoms. The third-order valence-corrected chi connectivity index (χ3v) is 6.67. The molecule has 1 aliphatic heterocycles. The fraction of sp³-hybridized carbons (Fsp3) is 0.294. The van der Waals surface area contributed by atoms with Crippen LogP contribution in [0, 0.1) is 0 Å². The van der Waals surface area contributed by atoms with Gasteiger partial charge < -0.3 is 5.32 Å². The zero-order chi connectivity index (χ0) is 18.9. The predicted molar refractivity (Wildman–Crippen MR) is 95.1 cm³/mol. The zero-order valence-corrected chi connectivity index (χ0v) is 15.9. The largest absolute Gasteiger partial charge is 0.417 e. The molecule has 0 radical (unpaired) electrons. The van der Waals surface area contributed by atoms with E-state index in [1.54, 1.807) is 24.3 Å². The van der Waals surface area contributed by atoms with Gasteiger partial charge in [0.15, 0.2) is 0 Å². The van der Waals surface area contributed by atoms with E-state index in [1.807, 2.05) is 0 Å². The summed E-state index contributed by atoms with van der Waals surface area (Å²) in [5.41, 5.74) is -0.439. The quantitative estimate of drug-likeness (QED) is 0.776. The number of hydrogen-bond acceptors (Lipinski definition) is 3. The van der Waals surface area contributed by atoms with E-state index in [0.717, 1.165) is 20.9 Å². The molecule has 1 fully saturated rings. The summed E-state index contributed by atoms with van der Waals surface area (Å²) in [5, 5.41) is 3.11. The Hall–Kier alpha value is -1.42. The molecular weight excluding hydrogens is 433 g/mol. The van der Waals surface area contributed by atoms with E-state index in [0.29, 0.717) is 18.7 Å². The number of hydrogen-bond donors (Lipinski definition) is 1. The minimum atomic E-state index is -4.75. The zero-order valence-electron chi connectivity index (χ0n) is 13.5. The minimum Gasteiger partial charge on any atom is -0.313 e. The molecule has 26 heavy (non-hydrogen) atoms. The molecule has 0 spiro atoms. The van der Waals surface area contributed by atoms with Crippen LogP contribution in [-0.2, 0) is 16.2 Å². The van der Waals surface area contributed by atoms with Gasteiger partial charge in [0, 0.05) is 24.1 Å². The van der Waals surface area contributed by atoms with Crippen LogP contribution in [0.4, 0.5) is 13.2 Å². The molecule has 1 atom stereocenters. The van der Waals surface area contributed by atoms with Gasteiger partial charge in [0.05, 0.1) is 16.5 Å². The summed E-state index contributed by atoms with van der Waals surface area (Å²) < 4.78 is 68.1. The molecule has 0 bridgehead atoms. The van der Waals surface area contributed by atoms with Crippen LogP contribution in [0.5, 0.6) is 0 Å². The molecule has 0 amide bonds. The van der Waals surface area contributed by atoms with Crippen molar-refractivity contribution in [1.82, 2.24) is 9.62 Å². The van der Waals surface area contributed by atoms with Gasteiger partial charge in [-0.15, -0.1) is 0 Å². The van der Waals surface area contributed by atoms with Gasteiger partial charge in [0.1, 0.15) is 0 Å². The van der Waals surface area contributed by atoms with E-state index in [-0.39, 0.29) is 6.54 Å². The second-order valence-corrected chi connectivity index (χ2v) is 8.66. The molecule has 1 N–H and O–H groups in total. The van der Waals surface area contributed by atoms with Crippen molar-refractivity contribution in [3.05, 3.63) is 64.1 Å². The lowest BCUT2D eigenvalue weighted by Crippen LogP contribution is -2.48. The van der Waals surface area contributed by atoms with Gasteiger partial charge in [0.25, 0.3) is 0 Å². The first-order valence-corrected chi connectivity index (χ1v) is 10.1. The second-order valence-electron chi connectivity index (χ2n) is 5.88. The van der Waals surface area contributed by atoms with Gasteiger partial charge in [-0.25, -0.2) is 8.42 Å². The van der Waals surface area contributed by atoms with Crippen LogP contribution in [0.1, 0.15) is 17.2 Å². The van der Waals surface area contributed by atoms with Crippen LogP contribution >= 0.6 is 15.9 Å². The van der Waals surface area contributed by atoms with Crippen LogP contribution in [0.2, 0.25) is 0 Å². The highest BCUT2D eigenvalue weighted by molar-refractivity contribution is 9.10. The average molecular weight is 449 g/mol. The van der Waals surface area contributed by atoms with E-state index >= 15 is 0 Å². The first-order valence-electron chi connectivity index (χ1n) is 7.85. The van der Waals surface area contributed by atoms with Crippen LogP contribution in [0.3, 0.4) is 0 Å². The van der Waals surface area contributed by atoms with E-state index < -0.39 is 32.7 Å². The topological polar surface area (TPSA) is 49.4 Å². The third-order valence-electron chi connectivity index (χ3n) is 4.21. The summed E-state index contributed by atoms with van der Waals surface area (Å²) in [6.07, 6.45) is -4.75. The molecule has 0 aromatic heterocycles. The first-order chi connectivity index (χ1) is 12.2. The summed E-state index contributed by atoms with van der Waals surface area (Å²) in [6, 6.07) is 10.8. The number of nitrogens with one attached hydrogen (secondary N) is 1. The fourth-order valence-electron chi connectivity index (χ4n) is 3.02. The fourth-order valence-corrected chi connectivity index (χ4v) is 5.27. The maximum Gasteiger partial charge on any atom is 0.417 e. The molecule has 1 saturated heterocycles. The lowest BCUT2D eigenvalue weighted by atomic mass is 10.1. The van der Waals surface area contributed by atoms with Crippen LogP contribution in [0.15, 0.2) is 57.9 Å². The number of alkyl halides is 3. The molecule has 0 saturated carbocycles. The Morgan fingerprint density at radius 1 is 1.12 bits per heavy atom. The number of piperazine rings is 1. The Labute approximate surface area is 158 Å². The van der Waals surface area contributed by atoms with Gasteiger partial charge in [-0.3, -0.25) is 0 Å². The van der Waals surface area contributed by atoms with Crippen molar-refractivity contribution < 1.29 is 21.6 Å². The van der Waals surface area contributed by atoms with E-state index in [9.17, 15) is 21.6 Å². The summed E-state index contributed by atoms with van der Waals surface area (Å²) in [4.78, 5) is -0.714.